The van der Waals surface area contributed by atoms with E-state index in [4.69, 9.17) is 14.2 Å². The van der Waals surface area contributed by atoms with E-state index in [9.17, 15) is 4.79 Å². The predicted octanol–water partition coefficient (Wildman–Crippen LogP) is 3.25. The lowest BCUT2D eigenvalue weighted by Crippen LogP contribution is -2.24. The molecule has 2 aromatic rings. The van der Waals surface area contributed by atoms with E-state index in [1.54, 1.807) is 21.3 Å². The zero-order valence-electron chi connectivity index (χ0n) is 15.4. The number of rotatable bonds is 10. The van der Waals surface area contributed by atoms with Crippen LogP contribution in [0.5, 0.6) is 17.2 Å². The first kappa shape index (κ1) is 21.8. The molecule has 0 radical (unpaired) electrons. The van der Waals surface area contributed by atoms with Crippen LogP contribution in [0.2, 0.25) is 0 Å². The minimum atomic E-state index is 0. The van der Waals surface area contributed by atoms with Crippen LogP contribution in [0.15, 0.2) is 42.5 Å². The van der Waals surface area contributed by atoms with Gasteiger partial charge in [0.05, 0.1) is 27.9 Å². The van der Waals surface area contributed by atoms with Gasteiger partial charge >= 0.3 is 0 Å². The maximum Gasteiger partial charge on any atom is 0.203 e. The molecular weight excluding hydrogens is 354 g/mol. The molecule has 0 spiro atoms. The standard InChI is InChI=1S/C20H25NO4.ClH/c1-23-18-12-16(13-19(24-2)20(18)25-3)17(14-21-9-10-22)11-15-7-5-4-6-8-15;/h4-8,10,12-13,17,21H,9,11,14H2,1-3H3;1H. The number of ether oxygens (including phenoxy) is 3. The summed E-state index contributed by atoms with van der Waals surface area (Å²) in [6.45, 7) is 1.00. The van der Waals surface area contributed by atoms with Gasteiger partial charge in [-0.2, -0.15) is 0 Å². The molecule has 0 aliphatic rings. The van der Waals surface area contributed by atoms with E-state index < -0.39 is 0 Å². The highest BCUT2D eigenvalue weighted by Crippen LogP contribution is 2.40. The van der Waals surface area contributed by atoms with E-state index >= 15 is 0 Å². The average molecular weight is 380 g/mol. The second kappa shape index (κ2) is 11.4. The molecule has 0 amide bonds. The molecule has 1 atom stereocenters. The topological polar surface area (TPSA) is 56.8 Å². The smallest absolute Gasteiger partial charge is 0.203 e. The lowest BCUT2D eigenvalue weighted by molar-refractivity contribution is -0.107. The second-order valence-corrected chi connectivity index (χ2v) is 5.67. The van der Waals surface area contributed by atoms with Crippen LogP contribution in [0.25, 0.3) is 0 Å². The van der Waals surface area contributed by atoms with Gasteiger partial charge in [-0.15, -0.1) is 12.4 Å². The Hall–Kier alpha value is -2.24. The molecule has 26 heavy (non-hydrogen) atoms. The first-order chi connectivity index (χ1) is 12.2. The van der Waals surface area contributed by atoms with Gasteiger partial charge in [-0.25, -0.2) is 0 Å². The van der Waals surface area contributed by atoms with E-state index in [0.717, 1.165) is 18.3 Å². The first-order valence-electron chi connectivity index (χ1n) is 8.21. The van der Waals surface area contributed by atoms with E-state index in [0.29, 0.717) is 30.3 Å². The lowest BCUT2D eigenvalue weighted by Gasteiger charge is -2.21. The number of nitrogens with one attached hydrogen (secondary N) is 1. The number of hydrogen-bond acceptors (Lipinski definition) is 5. The molecule has 1 unspecified atom stereocenters. The molecule has 142 valence electrons. The second-order valence-electron chi connectivity index (χ2n) is 5.67. The van der Waals surface area contributed by atoms with Crippen molar-refractivity contribution < 1.29 is 19.0 Å². The highest BCUT2D eigenvalue weighted by molar-refractivity contribution is 5.85. The summed E-state index contributed by atoms with van der Waals surface area (Å²) < 4.78 is 16.3. The molecule has 0 aliphatic heterocycles. The molecule has 0 bridgehead atoms. The van der Waals surface area contributed by atoms with Crippen LogP contribution in [0, 0.1) is 0 Å². The maximum absolute atomic E-state index is 10.6. The van der Waals surface area contributed by atoms with Crippen LogP contribution in [0.1, 0.15) is 17.0 Å². The third-order valence-corrected chi connectivity index (χ3v) is 4.10. The van der Waals surface area contributed by atoms with Gasteiger partial charge in [0.2, 0.25) is 5.75 Å². The lowest BCUT2D eigenvalue weighted by atomic mass is 9.91. The Morgan fingerprint density at radius 1 is 1.00 bits per heavy atom. The number of hydrogen-bond donors (Lipinski definition) is 1. The van der Waals surface area contributed by atoms with Crippen molar-refractivity contribution in [3.63, 3.8) is 0 Å². The Bertz CT molecular complexity index is 654. The van der Waals surface area contributed by atoms with Gasteiger partial charge in [-0.1, -0.05) is 30.3 Å². The van der Waals surface area contributed by atoms with E-state index in [-0.39, 0.29) is 18.3 Å². The Kier molecular flexibility index (Phi) is 9.55. The molecule has 0 heterocycles. The summed E-state index contributed by atoms with van der Waals surface area (Å²) in [6, 6.07) is 14.2. The van der Waals surface area contributed by atoms with Gasteiger partial charge in [-0.3, -0.25) is 0 Å². The number of carbonyl (C=O) groups is 1. The Balaban J connectivity index is 0.00000338. The highest BCUT2D eigenvalue weighted by Gasteiger charge is 2.19. The zero-order valence-corrected chi connectivity index (χ0v) is 16.2. The summed E-state index contributed by atoms with van der Waals surface area (Å²) >= 11 is 0. The van der Waals surface area contributed by atoms with Crippen molar-refractivity contribution >= 4 is 18.7 Å². The van der Waals surface area contributed by atoms with E-state index in [1.165, 1.54) is 5.56 Å². The van der Waals surface area contributed by atoms with Crippen molar-refractivity contribution in [2.45, 2.75) is 12.3 Å². The minimum absolute atomic E-state index is 0. The van der Waals surface area contributed by atoms with Crippen LogP contribution in [-0.4, -0.2) is 40.7 Å². The Morgan fingerprint density at radius 2 is 1.62 bits per heavy atom. The Labute approximate surface area is 161 Å². The third kappa shape index (κ3) is 5.64. The van der Waals surface area contributed by atoms with Gasteiger partial charge in [0.1, 0.15) is 6.29 Å². The number of carbonyl (C=O) groups excluding carboxylic acids is 1. The molecule has 0 saturated carbocycles. The van der Waals surface area contributed by atoms with Crippen molar-refractivity contribution in [1.82, 2.24) is 5.32 Å². The third-order valence-electron chi connectivity index (χ3n) is 4.10. The number of benzene rings is 2. The number of halogens is 1. The normalized spacial score (nSPS) is 11.2. The van der Waals surface area contributed by atoms with Crippen LogP contribution in [0.4, 0.5) is 0 Å². The van der Waals surface area contributed by atoms with Crippen molar-refractivity contribution in [1.29, 1.82) is 0 Å². The molecule has 1 N–H and O–H groups in total. The van der Waals surface area contributed by atoms with Crippen LogP contribution < -0.4 is 19.5 Å². The van der Waals surface area contributed by atoms with E-state index in [2.05, 4.69) is 17.4 Å². The van der Waals surface area contributed by atoms with Crippen molar-refractivity contribution in [2.24, 2.45) is 0 Å². The molecule has 0 aromatic heterocycles. The molecular formula is C20H26ClNO4. The van der Waals surface area contributed by atoms with Crippen LogP contribution in [0.3, 0.4) is 0 Å². The maximum atomic E-state index is 10.6. The van der Waals surface area contributed by atoms with Crippen molar-refractivity contribution in [3.05, 3.63) is 53.6 Å². The molecule has 2 aromatic carbocycles. The van der Waals surface area contributed by atoms with Crippen molar-refractivity contribution in [2.75, 3.05) is 34.4 Å². The van der Waals surface area contributed by atoms with Crippen LogP contribution in [-0.2, 0) is 11.2 Å². The van der Waals surface area contributed by atoms with Gasteiger partial charge in [0.25, 0.3) is 0 Å². The molecule has 5 nitrogen and oxygen atoms in total. The minimum Gasteiger partial charge on any atom is -0.493 e. The number of methoxy groups -OCH3 is 3. The fraction of sp³-hybridized carbons (Fsp3) is 0.350. The largest absolute Gasteiger partial charge is 0.493 e. The van der Waals surface area contributed by atoms with Gasteiger partial charge < -0.3 is 24.3 Å². The quantitative estimate of drug-likeness (QED) is 0.507. The fourth-order valence-electron chi connectivity index (χ4n) is 2.86. The summed E-state index contributed by atoms with van der Waals surface area (Å²) in [5, 5.41) is 3.18. The summed E-state index contributed by atoms with van der Waals surface area (Å²) in [4.78, 5) is 10.6. The monoisotopic (exact) mass is 379 g/mol. The Morgan fingerprint density at radius 3 is 2.12 bits per heavy atom. The van der Waals surface area contributed by atoms with Crippen LogP contribution >= 0.6 is 12.4 Å². The average Bonchev–Trinajstić information content (AvgIpc) is 2.66. The van der Waals surface area contributed by atoms with E-state index in [1.807, 2.05) is 30.3 Å². The van der Waals surface area contributed by atoms with Gasteiger partial charge in [0.15, 0.2) is 11.5 Å². The SMILES string of the molecule is COc1cc(C(CNCC=O)Cc2ccccc2)cc(OC)c1OC.Cl. The molecule has 0 aliphatic carbocycles. The predicted molar refractivity (Wildman–Crippen MR) is 105 cm³/mol. The zero-order chi connectivity index (χ0) is 18.1. The molecule has 6 heteroatoms. The molecule has 0 saturated heterocycles. The summed E-state index contributed by atoms with van der Waals surface area (Å²) in [5.41, 5.74) is 2.30. The summed E-state index contributed by atoms with van der Waals surface area (Å²) in [6.07, 6.45) is 1.71. The molecule has 0 fully saturated rings. The van der Waals surface area contributed by atoms with Gasteiger partial charge in [0, 0.05) is 12.5 Å². The summed E-state index contributed by atoms with van der Waals surface area (Å²) in [5.74, 6) is 2.00. The fourth-order valence-corrected chi connectivity index (χ4v) is 2.86. The van der Waals surface area contributed by atoms with Gasteiger partial charge in [-0.05, 0) is 29.7 Å². The highest BCUT2D eigenvalue weighted by atomic mass is 35.5. The number of aldehydes is 1. The first-order valence-corrected chi connectivity index (χ1v) is 8.21. The van der Waals surface area contributed by atoms with Crippen molar-refractivity contribution in [3.8, 4) is 17.2 Å². The molecule has 2 rings (SSSR count). The summed E-state index contributed by atoms with van der Waals surface area (Å²) in [7, 11) is 4.81.